The monoisotopic (exact) mass is 718 g/mol. The van der Waals surface area contributed by atoms with E-state index >= 15 is 0 Å². The maximum Gasteiger partial charge on any atom is 0.261 e. The van der Waals surface area contributed by atoms with Gasteiger partial charge in [-0.1, -0.05) is 24.3 Å². The summed E-state index contributed by atoms with van der Waals surface area (Å²) in [6, 6.07) is 18.1. The van der Waals surface area contributed by atoms with Gasteiger partial charge in [-0.15, -0.1) is 0 Å². The Bertz CT molecular complexity index is 1990. The third-order valence-electron chi connectivity index (χ3n) is 10.3. The first-order valence-corrected chi connectivity index (χ1v) is 17.8. The molecule has 2 fully saturated rings. The van der Waals surface area contributed by atoms with Gasteiger partial charge < -0.3 is 29.9 Å². The summed E-state index contributed by atoms with van der Waals surface area (Å²) >= 11 is 0. The molecule has 2 saturated heterocycles. The van der Waals surface area contributed by atoms with Crippen LogP contribution in [0.5, 0.6) is 0 Å². The Hall–Kier alpha value is -5.86. The largest absolute Gasteiger partial charge is 0.378 e. The molecule has 2 N–H and O–H groups in total. The second-order valence-corrected chi connectivity index (χ2v) is 13.3. The molecule has 0 aliphatic carbocycles. The van der Waals surface area contributed by atoms with Gasteiger partial charge in [-0.3, -0.25) is 38.6 Å². The number of hydrogen-bond acceptors (Lipinski definition) is 10. The van der Waals surface area contributed by atoms with Crippen LogP contribution >= 0.6 is 0 Å². The van der Waals surface area contributed by atoms with Gasteiger partial charge in [-0.05, 0) is 36.4 Å². The van der Waals surface area contributed by atoms with Crippen molar-refractivity contribution in [3.63, 3.8) is 0 Å². The molecule has 0 radical (unpaired) electrons. The van der Waals surface area contributed by atoms with Gasteiger partial charge in [-0.2, -0.15) is 0 Å². The predicted molar refractivity (Wildman–Crippen MR) is 195 cm³/mol. The molecule has 0 bridgehead atoms. The van der Waals surface area contributed by atoms with Crippen molar-refractivity contribution in [1.82, 2.24) is 20.4 Å². The lowest BCUT2D eigenvalue weighted by atomic mass is 9.92. The van der Waals surface area contributed by atoms with Crippen molar-refractivity contribution in [2.45, 2.75) is 6.42 Å². The van der Waals surface area contributed by atoms with Gasteiger partial charge in [0.2, 0.25) is 11.8 Å². The zero-order chi connectivity index (χ0) is 36.6. The average molecular weight is 719 g/mol. The fraction of sp³-hybridized carbons (Fsp3) is 0.333. The van der Waals surface area contributed by atoms with E-state index in [-0.39, 0.29) is 26.2 Å². The van der Waals surface area contributed by atoms with E-state index in [1.807, 2.05) is 24.3 Å². The lowest BCUT2D eigenvalue weighted by Crippen LogP contribution is -2.46. The fourth-order valence-electron chi connectivity index (χ4n) is 7.71. The number of carbonyl (C=O) groups excluding carboxylic acids is 6. The van der Waals surface area contributed by atoms with E-state index in [0.29, 0.717) is 85.6 Å². The first kappa shape index (κ1) is 34.2. The number of morpholine rings is 2. The van der Waals surface area contributed by atoms with Gasteiger partial charge in [0.25, 0.3) is 23.6 Å². The Morgan fingerprint density at radius 2 is 0.906 bits per heavy atom. The van der Waals surface area contributed by atoms with Crippen LogP contribution in [-0.2, 0) is 19.1 Å². The van der Waals surface area contributed by atoms with E-state index in [1.54, 1.807) is 36.4 Å². The van der Waals surface area contributed by atoms with Gasteiger partial charge in [0.15, 0.2) is 0 Å². The van der Waals surface area contributed by atoms with E-state index in [2.05, 4.69) is 20.4 Å². The minimum absolute atomic E-state index is 0.0459. The highest BCUT2D eigenvalue weighted by Crippen LogP contribution is 2.37. The van der Waals surface area contributed by atoms with Crippen molar-refractivity contribution in [3.8, 4) is 0 Å². The number of hydrogen-bond donors (Lipinski definition) is 2. The summed E-state index contributed by atoms with van der Waals surface area (Å²) in [7, 11) is 0. The molecule has 14 nitrogen and oxygen atoms in total. The topological polar surface area (TPSA) is 158 Å². The number of benzene rings is 4. The third kappa shape index (κ3) is 6.23. The summed E-state index contributed by atoms with van der Waals surface area (Å²) in [6.07, 6.45) is -0.511. The van der Waals surface area contributed by atoms with Crippen molar-refractivity contribution >= 4 is 68.4 Å². The minimum Gasteiger partial charge on any atom is -0.378 e. The van der Waals surface area contributed by atoms with E-state index in [9.17, 15) is 28.8 Å². The van der Waals surface area contributed by atoms with Gasteiger partial charge >= 0.3 is 0 Å². The van der Waals surface area contributed by atoms with E-state index in [4.69, 9.17) is 9.47 Å². The molecule has 4 aromatic carbocycles. The number of nitrogens with zero attached hydrogens (tertiary/aromatic N) is 4. The number of amides is 6. The quantitative estimate of drug-likeness (QED) is 0.184. The van der Waals surface area contributed by atoms with Crippen LogP contribution in [-0.4, -0.2) is 124 Å². The van der Waals surface area contributed by atoms with Crippen LogP contribution < -0.4 is 20.4 Å². The SMILES string of the molecule is O=C(CC(=O)NCCN1C(=O)c2cccc3c(N4CCOCC4)ccc(c23)C1=O)NCCN1C(=O)c2cccc3c(N4CCOCC4)ccc(c23)C1=O. The smallest absolute Gasteiger partial charge is 0.261 e. The minimum atomic E-state index is -0.598. The van der Waals surface area contributed by atoms with Crippen LogP contribution in [0.25, 0.3) is 21.5 Å². The average Bonchev–Trinajstić information content (AvgIpc) is 3.18. The molecular formula is C39H38N6O8. The Balaban J connectivity index is 0.841. The summed E-state index contributed by atoms with van der Waals surface area (Å²) < 4.78 is 11.0. The van der Waals surface area contributed by atoms with Gasteiger partial charge in [0.05, 0.1) is 26.4 Å². The zero-order valence-electron chi connectivity index (χ0n) is 29.0. The third-order valence-corrected chi connectivity index (χ3v) is 10.3. The highest BCUT2D eigenvalue weighted by molar-refractivity contribution is 6.28. The van der Waals surface area contributed by atoms with Crippen LogP contribution in [0.1, 0.15) is 47.9 Å². The van der Waals surface area contributed by atoms with Crippen molar-refractivity contribution in [1.29, 1.82) is 0 Å². The highest BCUT2D eigenvalue weighted by Gasteiger charge is 2.35. The predicted octanol–water partition coefficient (Wildman–Crippen LogP) is 2.18. The van der Waals surface area contributed by atoms with Crippen LogP contribution in [0.15, 0.2) is 60.7 Å². The standard InChI is InChI=1S/C39H38N6O8/c46-32(40-11-13-44-36(48)26-5-1-3-24-30(42-15-19-52-20-16-42)9-7-28(34(24)26)38(44)50)23-33(47)41-12-14-45-37(49)27-6-2-4-25-31(43-17-21-53-22-18-43)10-8-29(35(25)27)39(45)51/h1-10H,11-23H2,(H,40,46)(H,41,47). The van der Waals surface area contributed by atoms with Gasteiger partial charge in [-0.25, -0.2) is 0 Å². The molecule has 4 aromatic rings. The van der Waals surface area contributed by atoms with Crippen molar-refractivity contribution in [2.75, 3.05) is 88.6 Å². The van der Waals surface area contributed by atoms with Crippen LogP contribution in [0.4, 0.5) is 11.4 Å². The van der Waals surface area contributed by atoms with Crippen LogP contribution in [0.3, 0.4) is 0 Å². The lowest BCUT2D eigenvalue weighted by molar-refractivity contribution is -0.129. The summed E-state index contributed by atoms with van der Waals surface area (Å²) in [5, 5.41) is 8.13. The molecular weight excluding hydrogens is 680 g/mol. The molecule has 4 heterocycles. The van der Waals surface area contributed by atoms with Gasteiger partial charge in [0, 0.05) is 108 Å². The lowest BCUT2D eigenvalue weighted by Gasteiger charge is -2.32. The molecule has 14 heteroatoms. The molecule has 8 rings (SSSR count). The molecule has 0 atom stereocenters. The van der Waals surface area contributed by atoms with E-state index in [0.717, 1.165) is 31.9 Å². The molecule has 53 heavy (non-hydrogen) atoms. The Kier molecular flexibility index (Phi) is 9.22. The number of ether oxygens (including phenoxy) is 2. The van der Waals surface area contributed by atoms with E-state index < -0.39 is 41.9 Å². The van der Waals surface area contributed by atoms with Gasteiger partial charge in [0.1, 0.15) is 6.42 Å². The molecule has 0 saturated carbocycles. The van der Waals surface area contributed by atoms with Crippen LogP contribution in [0, 0.1) is 0 Å². The normalized spacial score (nSPS) is 17.2. The number of imide groups is 2. The molecule has 4 aliphatic heterocycles. The van der Waals surface area contributed by atoms with Crippen molar-refractivity contribution in [2.24, 2.45) is 0 Å². The van der Waals surface area contributed by atoms with Crippen molar-refractivity contribution < 1.29 is 38.2 Å². The summed E-state index contributed by atoms with van der Waals surface area (Å²) in [6.45, 7) is 5.03. The van der Waals surface area contributed by atoms with Crippen LogP contribution in [0.2, 0.25) is 0 Å². The Morgan fingerprint density at radius 1 is 0.528 bits per heavy atom. The highest BCUT2D eigenvalue weighted by atomic mass is 16.5. The number of carbonyl (C=O) groups is 6. The molecule has 0 aromatic heterocycles. The summed E-state index contributed by atoms with van der Waals surface area (Å²) in [5.74, 6) is -2.98. The summed E-state index contributed by atoms with van der Waals surface area (Å²) in [4.78, 5) is 85.8. The first-order chi connectivity index (χ1) is 25.8. The Morgan fingerprint density at radius 3 is 1.30 bits per heavy atom. The number of anilines is 2. The zero-order valence-corrected chi connectivity index (χ0v) is 29.0. The number of nitrogens with one attached hydrogen (secondary N) is 2. The Labute approximate surface area is 304 Å². The first-order valence-electron chi connectivity index (χ1n) is 17.8. The molecule has 0 spiro atoms. The fourth-order valence-corrected chi connectivity index (χ4v) is 7.71. The molecule has 0 unspecified atom stereocenters. The maximum atomic E-state index is 13.5. The molecule has 6 amide bonds. The van der Waals surface area contributed by atoms with E-state index in [1.165, 1.54) is 0 Å². The molecule has 272 valence electrons. The molecule has 4 aliphatic rings. The summed E-state index contributed by atoms with van der Waals surface area (Å²) in [5.41, 5.74) is 3.57. The van der Waals surface area contributed by atoms with Crippen molar-refractivity contribution in [3.05, 3.63) is 82.9 Å². The maximum absolute atomic E-state index is 13.5. The second-order valence-electron chi connectivity index (χ2n) is 13.3. The second kappa shape index (κ2) is 14.3. The number of rotatable bonds is 10.